The van der Waals surface area contributed by atoms with E-state index in [2.05, 4.69) is 15.0 Å². The van der Waals surface area contributed by atoms with E-state index in [4.69, 9.17) is 11.0 Å². The third-order valence-electron chi connectivity index (χ3n) is 5.02. The molecule has 1 aromatic carbocycles. The minimum absolute atomic E-state index is 0.0450. The van der Waals surface area contributed by atoms with Crippen LogP contribution in [0.3, 0.4) is 0 Å². The van der Waals surface area contributed by atoms with Gasteiger partial charge in [-0.25, -0.2) is 9.38 Å². The van der Waals surface area contributed by atoms with E-state index in [-0.39, 0.29) is 17.9 Å². The molecule has 0 saturated carbocycles. The van der Waals surface area contributed by atoms with Crippen LogP contribution in [0.25, 0.3) is 0 Å². The van der Waals surface area contributed by atoms with Crippen molar-refractivity contribution in [3.05, 3.63) is 88.0 Å². The summed E-state index contributed by atoms with van der Waals surface area (Å²) < 4.78 is 14.9. The Hall–Kier alpha value is -3.57. The molecule has 6 nitrogen and oxygen atoms in total. The molecule has 0 saturated heterocycles. The average Bonchev–Trinajstić information content (AvgIpc) is 3.29. The Bertz CT molecular complexity index is 1220. The van der Waals surface area contributed by atoms with E-state index in [9.17, 15) is 9.18 Å². The Morgan fingerprint density at radius 2 is 2.19 bits per heavy atom. The van der Waals surface area contributed by atoms with Crippen molar-refractivity contribution in [3.8, 4) is 6.07 Å². The molecule has 2 aliphatic rings. The van der Waals surface area contributed by atoms with Gasteiger partial charge < -0.3 is 5.73 Å². The molecule has 0 aliphatic carbocycles. The summed E-state index contributed by atoms with van der Waals surface area (Å²) in [5.74, 6) is -0.655. The first-order chi connectivity index (χ1) is 14.9. The number of hydrogen-bond acceptors (Lipinski definition) is 7. The standard InChI is InChI=1S/C23H18FN5OS/c1-23(11-21(31-22(26)29-23)19-3-2-8-27-19)16-9-14(4-6-17(16)24)10-20(30)18-7-5-15(12-25)13-28-18/h2,4-9,11,13H,3,10H2,1H3,(H2,26,29)/t23-/m0/s1. The van der Waals surface area contributed by atoms with Crippen LogP contribution >= 0.6 is 11.8 Å². The average molecular weight is 431 g/mol. The first-order valence-electron chi connectivity index (χ1n) is 9.54. The zero-order chi connectivity index (χ0) is 22.0. The number of thioether (sulfide) groups is 1. The number of rotatable bonds is 5. The Morgan fingerprint density at radius 1 is 1.35 bits per heavy atom. The number of nitriles is 1. The maximum Gasteiger partial charge on any atom is 0.185 e. The molecule has 2 N–H and O–H groups in total. The highest BCUT2D eigenvalue weighted by molar-refractivity contribution is 8.17. The van der Waals surface area contributed by atoms with Gasteiger partial charge in [0.2, 0.25) is 0 Å². The van der Waals surface area contributed by atoms with Crippen molar-refractivity contribution in [1.82, 2.24) is 4.98 Å². The maximum absolute atomic E-state index is 14.9. The minimum atomic E-state index is -1.02. The number of aliphatic imine (C=N–C) groups is 2. The summed E-state index contributed by atoms with van der Waals surface area (Å²) in [7, 11) is 0. The van der Waals surface area contributed by atoms with Gasteiger partial charge in [0.15, 0.2) is 11.0 Å². The topological polar surface area (TPSA) is 104 Å². The smallest absolute Gasteiger partial charge is 0.185 e. The van der Waals surface area contributed by atoms with Crippen LogP contribution in [-0.4, -0.2) is 21.6 Å². The Labute approximate surface area is 183 Å². The van der Waals surface area contributed by atoms with Crippen molar-refractivity contribution >= 4 is 28.4 Å². The van der Waals surface area contributed by atoms with Gasteiger partial charge in [0.25, 0.3) is 0 Å². The van der Waals surface area contributed by atoms with E-state index < -0.39 is 11.4 Å². The van der Waals surface area contributed by atoms with E-state index in [1.165, 1.54) is 30.1 Å². The summed E-state index contributed by atoms with van der Waals surface area (Å²) in [6.45, 7) is 1.79. The molecule has 2 aromatic rings. The summed E-state index contributed by atoms with van der Waals surface area (Å²) in [6.07, 6.45) is 7.64. The number of hydrogen-bond donors (Lipinski definition) is 1. The van der Waals surface area contributed by atoms with Gasteiger partial charge in [-0.1, -0.05) is 23.9 Å². The van der Waals surface area contributed by atoms with E-state index in [0.29, 0.717) is 28.3 Å². The third kappa shape index (κ3) is 4.32. The number of nitrogens with zero attached hydrogens (tertiary/aromatic N) is 4. The number of amidine groups is 1. The van der Waals surface area contributed by atoms with Crippen LogP contribution in [0.4, 0.5) is 4.39 Å². The summed E-state index contributed by atoms with van der Waals surface area (Å²) in [5.41, 5.74) is 7.51. The van der Waals surface area contributed by atoms with Gasteiger partial charge in [-0.15, -0.1) is 0 Å². The van der Waals surface area contributed by atoms with Crippen molar-refractivity contribution in [2.75, 3.05) is 0 Å². The molecule has 0 bridgehead atoms. The molecule has 0 unspecified atom stereocenters. The van der Waals surface area contributed by atoms with Crippen LogP contribution in [0.15, 0.2) is 69.8 Å². The summed E-state index contributed by atoms with van der Waals surface area (Å²) in [4.78, 5) is 26.4. The SMILES string of the molecule is C[C@@]1(c2cc(CC(=O)c3ccc(C#N)cn3)ccc2F)C=C(C2=NC=CC2)SC(N)=N1. The monoisotopic (exact) mass is 431 g/mol. The molecule has 154 valence electrons. The molecule has 0 radical (unpaired) electrons. The van der Waals surface area contributed by atoms with Gasteiger partial charge in [0.05, 0.1) is 11.3 Å². The van der Waals surface area contributed by atoms with Crippen molar-refractivity contribution in [2.45, 2.75) is 25.3 Å². The quantitative estimate of drug-likeness (QED) is 0.720. The number of pyridine rings is 1. The molecule has 8 heteroatoms. The summed E-state index contributed by atoms with van der Waals surface area (Å²) >= 11 is 1.31. The second-order valence-electron chi connectivity index (χ2n) is 7.33. The van der Waals surface area contributed by atoms with Crippen LogP contribution in [0.1, 0.15) is 40.5 Å². The molecule has 3 heterocycles. The summed E-state index contributed by atoms with van der Waals surface area (Å²) in [6, 6.07) is 9.58. The van der Waals surface area contributed by atoms with Crippen LogP contribution in [-0.2, 0) is 12.0 Å². The van der Waals surface area contributed by atoms with Crippen LogP contribution < -0.4 is 5.73 Å². The molecular formula is C23H18FN5OS. The lowest BCUT2D eigenvalue weighted by atomic mass is 9.88. The van der Waals surface area contributed by atoms with Gasteiger partial charge in [-0.05, 0) is 42.8 Å². The van der Waals surface area contributed by atoms with Gasteiger partial charge in [-0.2, -0.15) is 5.26 Å². The fourth-order valence-electron chi connectivity index (χ4n) is 3.46. The lowest BCUT2D eigenvalue weighted by molar-refractivity contribution is 0.0988. The molecule has 1 aromatic heterocycles. The highest BCUT2D eigenvalue weighted by atomic mass is 32.2. The number of ketones is 1. The van der Waals surface area contributed by atoms with Crippen molar-refractivity contribution < 1.29 is 9.18 Å². The molecule has 31 heavy (non-hydrogen) atoms. The van der Waals surface area contributed by atoms with E-state index in [1.54, 1.807) is 31.3 Å². The lowest BCUT2D eigenvalue weighted by Gasteiger charge is -2.28. The van der Waals surface area contributed by atoms with E-state index in [0.717, 1.165) is 10.6 Å². The molecule has 1 atom stereocenters. The number of carbonyl (C=O) groups excluding carboxylic acids is 1. The zero-order valence-corrected chi connectivity index (χ0v) is 17.5. The highest BCUT2D eigenvalue weighted by Gasteiger charge is 2.33. The molecule has 2 aliphatic heterocycles. The van der Waals surface area contributed by atoms with Gasteiger partial charge in [-0.3, -0.25) is 14.8 Å². The van der Waals surface area contributed by atoms with Gasteiger partial charge >= 0.3 is 0 Å². The normalized spacial score (nSPS) is 20.0. The first kappa shape index (κ1) is 20.7. The number of nitrogens with two attached hydrogens (primary N) is 1. The first-order valence-corrected chi connectivity index (χ1v) is 10.4. The number of carbonyl (C=O) groups is 1. The predicted molar refractivity (Wildman–Crippen MR) is 119 cm³/mol. The summed E-state index contributed by atoms with van der Waals surface area (Å²) in [5, 5.41) is 9.20. The number of benzene rings is 1. The molecule has 0 amide bonds. The predicted octanol–water partition coefficient (Wildman–Crippen LogP) is 4.04. The Morgan fingerprint density at radius 3 is 2.87 bits per heavy atom. The van der Waals surface area contributed by atoms with Crippen LogP contribution in [0.2, 0.25) is 0 Å². The second kappa shape index (κ2) is 8.28. The highest BCUT2D eigenvalue weighted by Crippen LogP contribution is 2.39. The molecule has 4 rings (SSSR count). The Balaban J connectivity index is 1.64. The zero-order valence-electron chi connectivity index (χ0n) is 16.7. The lowest BCUT2D eigenvalue weighted by Crippen LogP contribution is -2.28. The maximum atomic E-state index is 14.9. The van der Waals surface area contributed by atoms with E-state index >= 15 is 0 Å². The number of halogens is 1. The Kier molecular flexibility index (Phi) is 5.53. The van der Waals surface area contributed by atoms with Crippen LogP contribution in [0, 0.1) is 17.1 Å². The van der Waals surface area contributed by atoms with Crippen molar-refractivity contribution in [2.24, 2.45) is 15.7 Å². The van der Waals surface area contributed by atoms with Crippen molar-refractivity contribution in [1.29, 1.82) is 5.26 Å². The number of Topliss-reactive ketones (excluding diaryl/α,β-unsaturated/α-hetero) is 1. The van der Waals surface area contributed by atoms with Crippen molar-refractivity contribution in [3.63, 3.8) is 0 Å². The van der Waals surface area contributed by atoms with Gasteiger partial charge in [0, 0.05) is 35.7 Å². The molecular weight excluding hydrogens is 413 g/mol. The third-order valence-corrected chi connectivity index (χ3v) is 5.89. The fourth-order valence-corrected chi connectivity index (χ4v) is 4.46. The fraction of sp³-hybridized carbons (Fsp3) is 0.174. The second-order valence-corrected chi connectivity index (χ2v) is 8.39. The minimum Gasteiger partial charge on any atom is -0.378 e. The number of aromatic nitrogens is 1. The molecule has 0 fully saturated rings. The van der Waals surface area contributed by atoms with Crippen LogP contribution in [0.5, 0.6) is 0 Å². The van der Waals surface area contributed by atoms with Gasteiger partial charge in [0.1, 0.15) is 23.1 Å². The molecule has 0 spiro atoms. The largest absolute Gasteiger partial charge is 0.378 e. The number of allylic oxidation sites excluding steroid dienone is 2. The van der Waals surface area contributed by atoms with E-state index in [1.807, 2.05) is 18.2 Å².